The quantitative estimate of drug-likeness (QED) is 0.329. The largest absolute Gasteiger partial charge is 0.465 e. The van der Waals surface area contributed by atoms with Crippen LogP contribution in [0.1, 0.15) is 83.6 Å². The van der Waals surface area contributed by atoms with E-state index in [-0.39, 0.29) is 5.41 Å². The predicted molar refractivity (Wildman–Crippen MR) is 137 cm³/mol. The molecule has 5 rings (SSSR count). The summed E-state index contributed by atoms with van der Waals surface area (Å²) in [4.78, 5) is 24.8. The van der Waals surface area contributed by atoms with Crippen LogP contribution in [0.15, 0.2) is 36.4 Å². The molecule has 0 N–H and O–H groups in total. The number of ether oxygens (including phenoxy) is 2. The van der Waals surface area contributed by atoms with Gasteiger partial charge in [-0.3, -0.25) is 0 Å². The molecule has 0 bridgehead atoms. The summed E-state index contributed by atoms with van der Waals surface area (Å²) in [7, 11) is 1.34. The van der Waals surface area contributed by atoms with Gasteiger partial charge in [0.05, 0.1) is 18.2 Å². The van der Waals surface area contributed by atoms with Crippen molar-refractivity contribution < 1.29 is 19.1 Å². The highest BCUT2D eigenvalue weighted by Crippen LogP contribution is 2.56. The first-order valence-electron chi connectivity index (χ1n) is 12.3. The van der Waals surface area contributed by atoms with Crippen molar-refractivity contribution in [1.82, 2.24) is 0 Å². The first-order chi connectivity index (χ1) is 16.7. The van der Waals surface area contributed by atoms with E-state index in [0.29, 0.717) is 16.9 Å². The van der Waals surface area contributed by atoms with E-state index in [0.717, 1.165) is 36.8 Å². The number of benzene rings is 3. The normalized spacial score (nSPS) is 17.9. The molecule has 0 fully saturated rings. The Morgan fingerprint density at radius 2 is 1.23 bits per heavy atom. The Kier molecular flexibility index (Phi) is 5.58. The molecule has 1 atom stereocenters. The molecule has 3 aromatic carbocycles. The predicted octanol–water partition coefficient (Wildman–Crippen LogP) is 6.41. The molecule has 180 valence electrons. The minimum absolute atomic E-state index is 0.00564. The van der Waals surface area contributed by atoms with Crippen molar-refractivity contribution in [3.63, 3.8) is 0 Å². The molecule has 4 heteroatoms. The fourth-order valence-corrected chi connectivity index (χ4v) is 6.56. The number of aryl methyl sites for hydroxylation is 4. The molecule has 1 spiro atoms. The van der Waals surface area contributed by atoms with Crippen LogP contribution in [0, 0.1) is 34.6 Å². The van der Waals surface area contributed by atoms with Crippen LogP contribution in [0.2, 0.25) is 0 Å². The second kappa shape index (κ2) is 8.37. The number of fused-ring (bicyclic) bond motifs is 4. The Morgan fingerprint density at radius 1 is 0.714 bits per heavy atom. The Bertz CT molecular complexity index is 1380. The molecule has 2 aliphatic carbocycles. The second-order valence-corrected chi connectivity index (χ2v) is 10.2. The molecule has 1 unspecified atom stereocenters. The van der Waals surface area contributed by atoms with Gasteiger partial charge >= 0.3 is 11.9 Å². The number of carbonyl (C=O) groups excluding carboxylic acids is 2. The molecular formula is C31H32O4. The monoisotopic (exact) mass is 468 g/mol. The van der Waals surface area contributed by atoms with Crippen LogP contribution < -0.4 is 4.74 Å². The van der Waals surface area contributed by atoms with E-state index in [2.05, 4.69) is 39.8 Å². The van der Waals surface area contributed by atoms with Gasteiger partial charge in [-0.1, -0.05) is 12.1 Å². The zero-order chi connectivity index (χ0) is 25.1. The number of esters is 2. The van der Waals surface area contributed by atoms with Gasteiger partial charge in [-0.2, -0.15) is 0 Å². The topological polar surface area (TPSA) is 52.6 Å². The van der Waals surface area contributed by atoms with Crippen molar-refractivity contribution in [1.29, 1.82) is 0 Å². The van der Waals surface area contributed by atoms with E-state index >= 15 is 0 Å². The Hall–Kier alpha value is -3.40. The van der Waals surface area contributed by atoms with Crippen LogP contribution in [-0.2, 0) is 23.0 Å². The molecule has 0 saturated heterocycles. The molecule has 0 heterocycles. The molecule has 2 aliphatic rings. The maximum atomic E-state index is 13.1. The molecule has 0 aliphatic heterocycles. The molecule has 3 aromatic rings. The average molecular weight is 469 g/mol. The molecule has 35 heavy (non-hydrogen) atoms. The third-order valence-corrected chi connectivity index (χ3v) is 8.36. The van der Waals surface area contributed by atoms with Crippen LogP contribution in [-0.4, -0.2) is 19.0 Å². The summed E-state index contributed by atoms with van der Waals surface area (Å²) in [6, 6.07) is 11.0. The van der Waals surface area contributed by atoms with Crippen molar-refractivity contribution in [2.75, 3.05) is 7.11 Å². The molecule has 4 nitrogen and oxygen atoms in total. The lowest BCUT2D eigenvalue weighted by Crippen LogP contribution is -2.24. The van der Waals surface area contributed by atoms with E-state index in [1.54, 1.807) is 24.3 Å². The van der Waals surface area contributed by atoms with Crippen molar-refractivity contribution in [3.05, 3.63) is 97.6 Å². The lowest BCUT2D eigenvalue weighted by Gasteiger charge is -2.31. The van der Waals surface area contributed by atoms with Crippen molar-refractivity contribution >= 4 is 11.9 Å². The summed E-state index contributed by atoms with van der Waals surface area (Å²) >= 11 is 0. The standard InChI is InChI=1S/C31H32O4/c1-17-15-24-11-13-31(26(24)20(4)19(17)3)14-12-25-16-18(2)28(21(5)27(25)31)35-30(33)23-9-7-22(8-10-23)29(32)34-6/h7-10,15-16H,11-14H2,1-6H3. The Balaban J connectivity index is 1.55. The minimum atomic E-state index is -0.432. The van der Waals surface area contributed by atoms with Crippen LogP contribution in [0.3, 0.4) is 0 Å². The van der Waals surface area contributed by atoms with Crippen LogP contribution >= 0.6 is 0 Å². The van der Waals surface area contributed by atoms with E-state index in [1.165, 1.54) is 46.1 Å². The molecular weight excluding hydrogens is 436 g/mol. The highest BCUT2D eigenvalue weighted by Gasteiger charge is 2.47. The summed E-state index contributed by atoms with van der Waals surface area (Å²) in [5.41, 5.74) is 12.7. The number of carbonyl (C=O) groups is 2. The SMILES string of the molecule is COC(=O)c1ccc(C(=O)Oc2c(C)cc3c(c2C)C2(CCc4cc(C)c(C)c(C)c42)CC3)cc1. The van der Waals surface area contributed by atoms with Crippen LogP contribution in [0.25, 0.3) is 0 Å². The summed E-state index contributed by atoms with van der Waals surface area (Å²) in [6.07, 6.45) is 4.34. The van der Waals surface area contributed by atoms with E-state index in [4.69, 9.17) is 9.47 Å². The lowest BCUT2D eigenvalue weighted by molar-refractivity contribution is 0.0599. The van der Waals surface area contributed by atoms with Gasteiger partial charge < -0.3 is 9.47 Å². The molecule has 0 saturated carbocycles. The van der Waals surface area contributed by atoms with Crippen LogP contribution in [0.5, 0.6) is 5.75 Å². The average Bonchev–Trinajstić information content (AvgIpc) is 3.40. The summed E-state index contributed by atoms with van der Waals surface area (Å²) < 4.78 is 10.8. The van der Waals surface area contributed by atoms with Gasteiger partial charge in [0.2, 0.25) is 0 Å². The highest BCUT2D eigenvalue weighted by molar-refractivity contribution is 5.94. The first-order valence-corrected chi connectivity index (χ1v) is 12.3. The maximum absolute atomic E-state index is 13.1. The van der Waals surface area contributed by atoms with E-state index in [1.807, 2.05) is 6.92 Å². The second-order valence-electron chi connectivity index (χ2n) is 10.2. The van der Waals surface area contributed by atoms with Gasteiger partial charge in [0, 0.05) is 5.41 Å². The summed E-state index contributed by atoms with van der Waals surface area (Å²) in [5, 5.41) is 0. The van der Waals surface area contributed by atoms with Gasteiger partial charge in [0.25, 0.3) is 0 Å². The highest BCUT2D eigenvalue weighted by atomic mass is 16.5. The van der Waals surface area contributed by atoms with Crippen molar-refractivity contribution in [3.8, 4) is 5.75 Å². The smallest absolute Gasteiger partial charge is 0.343 e. The van der Waals surface area contributed by atoms with E-state index in [9.17, 15) is 9.59 Å². The molecule has 0 amide bonds. The molecule has 0 radical (unpaired) electrons. The maximum Gasteiger partial charge on any atom is 0.343 e. The number of hydrogen-bond donors (Lipinski definition) is 0. The zero-order valence-corrected chi connectivity index (χ0v) is 21.4. The number of hydrogen-bond acceptors (Lipinski definition) is 4. The van der Waals surface area contributed by atoms with Gasteiger partial charge in [0.1, 0.15) is 5.75 Å². The molecule has 0 aromatic heterocycles. The van der Waals surface area contributed by atoms with Gasteiger partial charge in [-0.15, -0.1) is 0 Å². The van der Waals surface area contributed by atoms with Crippen LogP contribution in [0.4, 0.5) is 0 Å². The van der Waals surface area contributed by atoms with Crippen molar-refractivity contribution in [2.45, 2.75) is 65.7 Å². The third kappa shape index (κ3) is 3.50. The zero-order valence-electron chi connectivity index (χ0n) is 21.4. The minimum Gasteiger partial charge on any atom is -0.465 e. The Morgan fingerprint density at radius 3 is 1.80 bits per heavy atom. The van der Waals surface area contributed by atoms with E-state index < -0.39 is 11.9 Å². The summed E-state index contributed by atoms with van der Waals surface area (Å²) in [6.45, 7) is 10.8. The third-order valence-electron chi connectivity index (χ3n) is 8.36. The van der Waals surface area contributed by atoms with Gasteiger partial charge in [-0.05, 0) is 135 Å². The number of rotatable bonds is 3. The first kappa shape index (κ1) is 23.3. The van der Waals surface area contributed by atoms with Gasteiger partial charge in [0.15, 0.2) is 0 Å². The number of methoxy groups -OCH3 is 1. The fraction of sp³-hybridized carbons (Fsp3) is 0.355. The van der Waals surface area contributed by atoms with Crippen molar-refractivity contribution in [2.24, 2.45) is 0 Å². The fourth-order valence-electron chi connectivity index (χ4n) is 6.56. The lowest BCUT2D eigenvalue weighted by atomic mass is 9.72. The Labute approximate surface area is 207 Å². The summed E-state index contributed by atoms with van der Waals surface area (Å²) in [5.74, 6) is -0.200. The van der Waals surface area contributed by atoms with Gasteiger partial charge in [-0.25, -0.2) is 9.59 Å².